The second-order valence-corrected chi connectivity index (χ2v) is 8.13. The third-order valence-electron chi connectivity index (χ3n) is 3.99. The van der Waals surface area contributed by atoms with Crippen LogP contribution in [0.4, 0.5) is 10.3 Å². The lowest BCUT2D eigenvalue weighted by Gasteiger charge is -2.18. The zero-order valence-electron chi connectivity index (χ0n) is 13.9. The first-order valence-corrected chi connectivity index (χ1v) is 9.37. The summed E-state index contributed by atoms with van der Waals surface area (Å²) in [4.78, 5) is 8.91. The Morgan fingerprint density at radius 3 is 2.38 bits per heavy atom. The maximum Gasteiger partial charge on any atom is 0.239 e. The Bertz CT molecular complexity index is 1050. The molecule has 0 N–H and O–H groups in total. The number of fused-ring (bicyclic) bond motifs is 3. The second kappa shape index (κ2) is 5.66. The summed E-state index contributed by atoms with van der Waals surface area (Å²) in [6, 6.07) is 8.16. The summed E-state index contributed by atoms with van der Waals surface area (Å²) in [5.41, 5.74) is 1.38. The summed E-state index contributed by atoms with van der Waals surface area (Å²) in [7, 11) is -2.06. The van der Waals surface area contributed by atoms with Crippen LogP contribution in [-0.2, 0) is 10.0 Å². The highest BCUT2D eigenvalue weighted by atomic mass is 32.2. The van der Waals surface area contributed by atoms with Gasteiger partial charge >= 0.3 is 0 Å². The third kappa shape index (κ3) is 2.80. The fourth-order valence-electron chi connectivity index (χ4n) is 2.63. The molecule has 126 valence electrons. The van der Waals surface area contributed by atoms with E-state index < -0.39 is 10.0 Å². The van der Waals surface area contributed by atoms with Gasteiger partial charge in [-0.2, -0.15) is 0 Å². The van der Waals surface area contributed by atoms with E-state index >= 15 is 0 Å². The quantitative estimate of drug-likeness (QED) is 0.681. The smallest absolute Gasteiger partial charge is 0.239 e. The topological polar surface area (TPSA) is 63.2 Å². The number of hydrogen-bond acceptors (Lipinski definition) is 4. The maximum absolute atomic E-state index is 13.5. The summed E-state index contributed by atoms with van der Waals surface area (Å²) in [5, 5.41) is 2.32. The minimum Gasteiger partial charge on any atom is -0.241 e. The molecule has 0 saturated heterocycles. The van der Waals surface area contributed by atoms with Crippen LogP contribution in [0.25, 0.3) is 21.7 Å². The van der Waals surface area contributed by atoms with Crippen LogP contribution in [0, 0.1) is 5.82 Å². The summed E-state index contributed by atoms with van der Waals surface area (Å²) in [5.74, 6) is -0.126. The lowest BCUT2D eigenvalue weighted by molar-refractivity contribution is 0.599. The van der Waals surface area contributed by atoms with Gasteiger partial charge in [-0.05, 0) is 29.5 Å². The largest absolute Gasteiger partial charge is 0.241 e. The minimum absolute atomic E-state index is 0.0834. The van der Waals surface area contributed by atoms with Gasteiger partial charge in [0.25, 0.3) is 0 Å². The Labute approximate surface area is 140 Å². The fraction of sp³-hybridized carbons (Fsp3) is 0.294. The van der Waals surface area contributed by atoms with Crippen molar-refractivity contribution in [1.82, 2.24) is 9.97 Å². The lowest BCUT2D eigenvalue weighted by Crippen LogP contribution is -2.27. The predicted octanol–water partition coefficient (Wildman–Crippen LogP) is 3.44. The molecule has 0 saturated carbocycles. The van der Waals surface area contributed by atoms with Crippen molar-refractivity contribution in [3.05, 3.63) is 41.8 Å². The zero-order chi connectivity index (χ0) is 17.6. The highest BCUT2D eigenvalue weighted by Gasteiger charge is 2.19. The first-order valence-electron chi connectivity index (χ1n) is 7.52. The number of nitrogens with zero attached hydrogens (tertiary/aromatic N) is 3. The highest BCUT2D eigenvalue weighted by Crippen LogP contribution is 2.31. The van der Waals surface area contributed by atoms with Crippen molar-refractivity contribution >= 4 is 37.6 Å². The normalized spacial score (nSPS) is 12.2. The van der Waals surface area contributed by atoms with Crippen molar-refractivity contribution < 1.29 is 12.8 Å². The Morgan fingerprint density at radius 1 is 1.08 bits per heavy atom. The van der Waals surface area contributed by atoms with Crippen LogP contribution in [0.1, 0.15) is 25.5 Å². The predicted molar refractivity (Wildman–Crippen MR) is 94.3 cm³/mol. The van der Waals surface area contributed by atoms with E-state index in [9.17, 15) is 12.8 Å². The number of rotatable bonds is 3. The molecule has 1 heterocycles. The molecule has 0 spiro atoms. The summed E-state index contributed by atoms with van der Waals surface area (Å²) in [6.07, 6.45) is 1.11. The van der Waals surface area contributed by atoms with Crippen molar-refractivity contribution in [2.75, 3.05) is 17.6 Å². The molecule has 0 aliphatic carbocycles. The Kier molecular flexibility index (Phi) is 3.91. The summed E-state index contributed by atoms with van der Waals surface area (Å²) in [6.45, 7) is 3.97. The lowest BCUT2D eigenvalue weighted by atomic mass is 10.0. The first kappa shape index (κ1) is 16.6. The monoisotopic (exact) mass is 347 g/mol. The van der Waals surface area contributed by atoms with Crippen molar-refractivity contribution in [1.29, 1.82) is 0 Å². The van der Waals surface area contributed by atoms with Gasteiger partial charge in [0.15, 0.2) is 0 Å². The van der Waals surface area contributed by atoms with E-state index in [0.29, 0.717) is 10.9 Å². The van der Waals surface area contributed by atoms with E-state index in [0.717, 1.165) is 27.0 Å². The molecule has 0 unspecified atom stereocenters. The molecule has 24 heavy (non-hydrogen) atoms. The molecular weight excluding hydrogens is 329 g/mol. The van der Waals surface area contributed by atoms with E-state index in [-0.39, 0.29) is 17.7 Å². The third-order valence-corrected chi connectivity index (χ3v) is 5.15. The number of hydrogen-bond donors (Lipinski definition) is 0. The van der Waals surface area contributed by atoms with Crippen molar-refractivity contribution in [2.24, 2.45) is 0 Å². The molecule has 3 rings (SSSR count). The van der Waals surface area contributed by atoms with Crippen LogP contribution in [0.5, 0.6) is 0 Å². The van der Waals surface area contributed by atoms with Gasteiger partial charge in [0.1, 0.15) is 5.82 Å². The van der Waals surface area contributed by atoms with Gasteiger partial charge in [-0.1, -0.05) is 26.0 Å². The van der Waals surface area contributed by atoms with Crippen molar-refractivity contribution in [3.8, 4) is 0 Å². The Morgan fingerprint density at radius 2 is 1.75 bits per heavy atom. The number of anilines is 1. The average molecular weight is 347 g/mol. The molecule has 3 aromatic rings. The molecule has 0 atom stereocenters. The van der Waals surface area contributed by atoms with Crippen LogP contribution in [-0.4, -0.2) is 31.7 Å². The van der Waals surface area contributed by atoms with E-state index in [1.807, 2.05) is 26.0 Å². The van der Waals surface area contributed by atoms with Gasteiger partial charge in [0.2, 0.25) is 16.0 Å². The molecule has 2 aromatic carbocycles. The van der Waals surface area contributed by atoms with Gasteiger partial charge in [0, 0.05) is 17.8 Å². The number of benzene rings is 2. The van der Waals surface area contributed by atoms with Crippen LogP contribution in [0.2, 0.25) is 0 Å². The number of aromatic nitrogens is 2. The van der Waals surface area contributed by atoms with Gasteiger partial charge in [-0.15, -0.1) is 0 Å². The van der Waals surface area contributed by atoms with Crippen LogP contribution >= 0.6 is 0 Å². The molecule has 0 radical (unpaired) electrons. The number of halogens is 1. The molecule has 0 amide bonds. The SMILES string of the molecule is CC(C)c1nc(N(C)S(C)(=O)=O)nc2c1ccc1cc(F)ccc12. The number of sulfonamides is 1. The average Bonchev–Trinajstić information content (AvgIpc) is 2.51. The van der Waals surface area contributed by atoms with Crippen LogP contribution in [0.15, 0.2) is 30.3 Å². The van der Waals surface area contributed by atoms with E-state index in [1.54, 1.807) is 6.07 Å². The Hall–Kier alpha value is -2.28. The molecule has 5 nitrogen and oxygen atoms in total. The molecule has 7 heteroatoms. The standard InChI is InChI=1S/C17H18FN3O2S/c1-10(2)15-14-7-5-11-9-12(18)6-8-13(11)16(14)20-17(19-15)21(3)24(4,22)23/h5-10H,1-4H3. The molecule has 0 fully saturated rings. The van der Waals surface area contributed by atoms with E-state index in [2.05, 4.69) is 9.97 Å². The first-order chi connectivity index (χ1) is 11.2. The molecule has 0 aliphatic rings. The van der Waals surface area contributed by atoms with Gasteiger partial charge in [0.05, 0.1) is 17.5 Å². The minimum atomic E-state index is -3.48. The molecule has 0 aliphatic heterocycles. The van der Waals surface area contributed by atoms with Gasteiger partial charge in [-0.3, -0.25) is 0 Å². The maximum atomic E-state index is 13.5. The van der Waals surface area contributed by atoms with E-state index in [4.69, 9.17) is 0 Å². The van der Waals surface area contributed by atoms with Crippen LogP contribution < -0.4 is 4.31 Å². The van der Waals surface area contributed by atoms with Crippen molar-refractivity contribution in [2.45, 2.75) is 19.8 Å². The van der Waals surface area contributed by atoms with Gasteiger partial charge in [-0.25, -0.2) is 27.1 Å². The molecular formula is C17H18FN3O2S. The Balaban J connectivity index is 2.43. The highest BCUT2D eigenvalue weighted by molar-refractivity contribution is 7.92. The zero-order valence-corrected chi connectivity index (χ0v) is 14.7. The molecule has 1 aromatic heterocycles. The molecule has 0 bridgehead atoms. The van der Waals surface area contributed by atoms with Crippen molar-refractivity contribution in [3.63, 3.8) is 0 Å². The summed E-state index contributed by atoms with van der Waals surface area (Å²) < 4.78 is 38.3. The van der Waals surface area contributed by atoms with Crippen LogP contribution in [0.3, 0.4) is 0 Å². The summed E-state index contributed by atoms with van der Waals surface area (Å²) >= 11 is 0. The van der Waals surface area contributed by atoms with Gasteiger partial charge < -0.3 is 0 Å². The second-order valence-electron chi connectivity index (χ2n) is 6.12. The fourth-order valence-corrected chi connectivity index (χ4v) is 3.01. The van der Waals surface area contributed by atoms with E-state index in [1.165, 1.54) is 19.2 Å².